The van der Waals surface area contributed by atoms with Gasteiger partial charge in [-0.25, -0.2) is 4.79 Å². The van der Waals surface area contributed by atoms with Gasteiger partial charge in [0.15, 0.2) is 6.61 Å². The maximum Gasteiger partial charge on any atom is 0.337 e. The smallest absolute Gasteiger partial charge is 0.337 e. The summed E-state index contributed by atoms with van der Waals surface area (Å²) in [5.41, 5.74) is 0.439. The van der Waals surface area contributed by atoms with Gasteiger partial charge in [0.1, 0.15) is 5.75 Å². The van der Waals surface area contributed by atoms with Crippen molar-refractivity contribution in [2.75, 3.05) is 20.3 Å². The molecule has 1 aromatic carbocycles. The summed E-state index contributed by atoms with van der Waals surface area (Å²) in [6.07, 6.45) is 7.20. The van der Waals surface area contributed by atoms with Gasteiger partial charge in [-0.3, -0.25) is 4.79 Å². The monoisotopic (exact) mass is 409 g/mol. The van der Waals surface area contributed by atoms with Crippen LogP contribution in [0.3, 0.4) is 0 Å². The SMILES string of the molecule is COC(=O)c1ccc(OCC(=O)N2CCCC3CCCCC32)c(Br)c1. The summed E-state index contributed by atoms with van der Waals surface area (Å²) in [7, 11) is 1.34. The van der Waals surface area contributed by atoms with E-state index in [4.69, 9.17) is 9.47 Å². The fourth-order valence-corrected chi connectivity index (χ4v) is 4.51. The van der Waals surface area contributed by atoms with Crippen molar-refractivity contribution in [1.82, 2.24) is 4.90 Å². The Labute approximate surface area is 156 Å². The van der Waals surface area contributed by atoms with Gasteiger partial charge in [0.25, 0.3) is 5.91 Å². The number of amides is 1. The van der Waals surface area contributed by atoms with Gasteiger partial charge >= 0.3 is 5.97 Å². The highest BCUT2D eigenvalue weighted by molar-refractivity contribution is 9.10. The minimum absolute atomic E-state index is 0.0272. The van der Waals surface area contributed by atoms with Gasteiger partial charge in [-0.15, -0.1) is 0 Å². The third-order valence-corrected chi connectivity index (χ3v) is 5.89. The van der Waals surface area contributed by atoms with Crippen LogP contribution in [0.1, 0.15) is 48.9 Å². The zero-order chi connectivity index (χ0) is 17.8. The standard InChI is InChI=1S/C19H24BrNO4/c1-24-19(23)14-8-9-17(15(20)11-14)25-12-18(22)21-10-4-6-13-5-2-3-7-16(13)21/h8-9,11,13,16H,2-7,10,12H2,1H3. The largest absolute Gasteiger partial charge is 0.483 e. The average Bonchev–Trinajstić information content (AvgIpc) is 2.65. The number of ether oxygens (including phenoxy) is 2. The lowest BCUT2D eigenvalue weighted by Crippen LogP contribution is -2.51. The Kier molecular flexibility index (Phi) is 5.99. The third-order valence-electron chi connectivity index (χ3n) is 5.27. The highest BCUT2D eigenvalue weighted by atomic mass is 79.9. The number of hydrogen-bond acceptors (Lipinski definition) is 4. The van der Waals surface area contributed by atoms with E-state index in [1.807, 2.05) is 4.90 Å². The number of halogens is 1. The summed E-state index contributed by atoms with van der Waals surface area (Å²) in [5.74, 6) is 0.872. The number of piperidine rings is 1. The van der Waals surface area contributed by atoms with Crippen molar-refractivity contribution in [2.45, 2.75) is 44.6 Å². The number of methoxy groups -OCH3 is 1. The van der Waals surface area contributed by atoms with E-state index in [0.717, 1.165) is 19.4 Å². The van der Waals surface area contributed by atoms with Crippen LogP contribution in [0.4, 0.5) is 0 Å². The van der Waals surface area contributed by atoms with Crippen LogP contribution in [0.5, 0.6) is 5.75 Å². The van der Waals surface area contributed by atoms with Crippen molar-refractivity contribution in [2.24, 2.45) is 5.92 Å². The van der Waals surface area contributed by atoms with Gasteiger partial charge < -0.3 is 14.4 Å². The Morgan fingerprint density at radius 3 is 2.72 bits per heavy atom. The second kappa shape index (κ2) is 8.21. The van der Waals surface area contributed by atoms with Gasteiger partial charge in [-0.05, 0) is 65.7 Å². The van der Waals surface area contributed by atoms with Crippen molar-refractivity contribution < 1.29 is 19.1 Å². The van der Waals surface area contributed by atoms with Gasteiger partial charge in [0.05, 0.1) is 17.1 Å². The first kappa shape index (κ1) is 18.2. The number of rotatable bonds is 4. The molecule has 3 rings (SSSR count). The van der Waals surface area contributed by atoms with Gasteiger partial charge in [-0.2, -0.15) is 0 Å². The Hall–Kier alpha value is -1.56. The van der Waals surface area contributed by atoms with E-state index in [1.54, 1.807) is 18.2 Å². The zero-order valence-corrected chi connectivity index (χ0v) is 16.1. The van der Waals surface area contributed by atoms with Crippen LogP contribution in [0.2, 0.25) is 0 Å². The molecule has 0 radical (unpaired) electrons. The van der Waals surface area contributed by atoms with E-state index < -0.39 is 5.97 Å². The number of carbonyl (C=O) groups is 2. The van der Waals surface area contributed by atoms with Gasteiger partial charge in [0.2, 0.25) is 0 Å². The first-order chi connectivity index (χ1) is 12.1. The quantitative estimate of drug-likeness (QED) is 0.709. The molecule has 1 aromatic rings. The molecule has 5 nitrogen and oxygen atoms in total. The van der Waals surface area contributed by atoms with E-state index in [0.29, 0.717) is 27.7 Å². The molecule has 1 saturated carbocycles. The predicted octanol–water partition coefficient (Wildman–Crippen LogP) is 3.80. The zero-order valence-electron chi connectivity index (χ0n) is 14.5. The number of esters is 1. The highest BCUT2D eigenvalue weighted by Crippen LogP contribution is 2.35. The van der Waals surface area contributed by atoms with Crippen molar-refractivity contribution in [3.05, 3.63) is 28.2 Å². The molecule has 1 saturated heterocycles. The Balaban J connectivity index is 1.61. The lowest BCUT2D eigenvalue weighted by Gasteiger charge is -2.44. The van der Waals surface area contributed by atoms with Crippen LogP contribution in [-0.2, 0) is 9.53 Å². The Morgan fingerprint density at radius 1 is 1.20 bits per heavy atom. The lowest BCUT2D eigenvalue weighted by molar-refractivity contribution is -0.139. The minimum Gasteiger partial charge on any atom is -0.483 e. The van der Waals surface area contributed by atoms with E-state index >= 15 is 0 Å². The summed E-state index contributed by atoms with van der Waals surface area (Å²) >= 11 is 3.39. The van der Waals surface area contributed by atoms with Crippen LogP contribution in [0, 0.1) is 5.92 Å². The Bertz CT molecular complexity index is 646. The summed E-state index contributed by atoms with van der Waals surface area (Å²) in [6.45, 7) is 0.866. The maximum atomic E-state index is 12.7. The third kappa shape index (κ3) is 4.17. The van der Waals surface area contributed by atoms with Crippen molar-refractivity contribution in [3.63, 3.8) is 0 Å². The minimum atomic E-state index is -0.403. The number of fused-ring (bicyclic) bond motifs is 1. The van der Waals surface area contributed by atoms with Crippen LogP contribution < -0.4 is 4.74 Å². The fourth-order valence-electron chi connectivity index (χ4n) is 4.02. The first-order valence-corrected chi connectivity index (χ1v) is 9.69. The normalized spacial score (nSPS) is 22.9. The molecule has 136 valence electrons. The van der Waals surface area contributed by atoms with Gasteiger partial charge in [-0.1, -0.05) is 12.8 Å². The molecule has 1 amide bonds. The molecule has 0 N–H and O–H groups in total. The molecule has 0 bridgehead atoms. The molecular formula is C19H24BrNO4. The van der Waals surface area contributed by atoms with Gasteiger partial charge in [0, 0.05) is 12.6 Å². The molecule has 1 aliphatic carbocycles. The van der Waals surface area contributed by atoms with Crippen molar-refractivity contribution in [1.29, 1.82) is 0 Å². The molecular weight excluding hydrogens is 386 g/mol. The molecule has 2 fully saturated rings. The second-order valence-corrected chi connectivity index (χ2v) is 7.62. The average molecular weight is 410 g/mol. The number of carbonyl (C=O) groups excluding carboxylic acids is 2. The van der Waals surface area contributed by atoms with E-state index in [-0.39, 0.29) is 12.5 Å². The molecule has 2 atom stereocenters. The summed E-state index contributed by atoms with van der Waals surface area (Å²) in [4.78, 5) is 26.2. The summed E-state index contributed by atoms with van der Waals surface area (Å²) in [5, 5.41) is 0. The van der Waals surface area contributed by atoms with Crippen molar-refractivity contribution >= 4 is 27.8 Å². The molecule has 0 spiro atoms. The second-order valence-electron chi connectivity index (χ2n) is 6.77. The van der Waals surface area contributed by atoms with Crippen LogP contribution in [0.25, 0.3) is 0 Å². The van der Waals surface area contributed by atoms with Crippen LogP contribution >= 0.6 is 15.9 Å². The topological polar surface area (TPSA) is 55.8 Å². The lowest BCUT2D eigenvalue weighted by atomic mass is 9.78. The molecule has 1 aliphatic heterocycles. The molecule has 25 heavy (non-hydrogen) atoms. The fraction of sp³-hybridized carbons (Fsp3) is 0.579. The number of hydrogen-bond donors (Lipinski definition) is 0. The molecule has 2 aliphatic rings. The molecule has 1 heterocycles. The Morgan fingerprint density at radius 2 is 1.96 bits per heavy atom. The number of benzene rings is 1. The predicted molar refractivity (Wildman–Crippen MR) is 97.7 cm³/mol. The van der Waals surface area contributed by atoms with E-state index in [2.05, 4.69) is 15.9 Å². The molecule has 2 unspecified atom stereocenters. The van der Waals surface area contributed by atoms with Crippen molar-refractivity contribution in [3.8, 4) is 5.75 Å². The number of likely N-dealkylation sites (tertiary alicyclic amines) is 1. The highest BCUT2D eigenvalue weighted by Gasteiger charge is 2.35. The van der Waals surface area contributed by atoms with E-state index in [9.17, 15) is 9.59 Å². The number of nitrogens with zero attached hydrogens (tertiary/aromatic N) is 1. The van der Waals surface area contributed by atoms with Crippen LogP contribution in [0.15, 0.2) is 22.7 Å². The first-order valence-electron chi connectivity index (χ1n) is 8.90. The van der Waals surface area contributed by atoms with Crippen LogP contribution in [-0.4, -0.2) is 43.1 Å². The summed E-state index contributed by atoms with van der Waals surface area (Å²) in [6, 6.07) is 5.35. The maximum absolute atomic E-state index is 12.7. The molecule has 0 aromatic heterocycles. The van der Waals surface area contributed by atoms with E-state index in [1.165, 1.54) is 32.8 Å². The molecule has 6 heteroatoms. The summed E-state index contributed by atoms with van der Waals surface area (Å²) < 4.78 is 11.0.